The highest BCUT2D eigenvalue weighted by Gasteiger charge is 2.35. The van der Waals surface area contributed by atoms with Crippen LogP contribution in [0.4, 0.5) is 5.69 Å². The summed E-state index contributed by atoms with van der Waals surface area (Å²) in [6.07, 6.45) is 0. The number of ether oxygens (including phenoxy) is 2. The zero-order chi connectivity index (χ0) is 16.4. The van der Waals surface area contributed by atoms with Crippen LogP contribution in [0.5, 0.6) is 11.5 Å². The van der Waals surface area contributed by atoms with Gasteiger partial charge in [-0.3, -0.25) is 4.79 Å². The van der Waals surface area contributed by atoms with E-state index in [0.717, 1.165) is 17.0 Å². The molecule has 1 atom stereocenters. The third-order valence-electron chi connectivity index (χ3n) is 3.87. The number of nitrogens with zero attached hydrogens (tertiary/aromatic N) is 2. The smallest absolute Gasteiger partial charge is 0.260 e. The van der Waals surface area contributed by atoms with Crippen molar-refractivity contribution < 1.29 is 14.3 Å². The minimum atomic E-state index is -0.407. The van der Waals surface area contributed by atoms with Crippen molar-refractivity contribution >= 4 is 17.3 Å². The van der Waals surface area contributed by atoms with Crippen LogP contribution in [0, 0.1) is 0 Å². The Labute approximate surface area is 135 Å². The van der Waals surface area contributed by atoms with Crippen molar-refractivity contribution in [2.24, 2.45) is 5.10 Å². The maximum atomic E-state index is 12.8. The fraction of sp³-hybridized carbons (Fsp3) is 0.222. The summed E-state index contributed by atoms with van der Waals surface area (Å²) >= 11 is 0. The minimum absolute atomic E-state index is 0.0686. The van der Waals surface area contributed by atoms with Crippen LogP contribution in [0.1, 0.15) is 18.4 Å². The van der Waals surface area contributed by atoms with Crippen LogP contribution in [0.25, 0.3) is 0 Å². The molecular formula is C18H18N2O3. The molecule has 23 heavy (non-hydrogen) atoms. The van der Waals surface area contributed by atoms with Crippen molar-refractivity contribution in [1.82, 2.24) is 0 Å². The summed E-state index contributed by atoms with van der Waals surface area (Å²) < 4.78 is 10.6. The van der Waals surface area contributed by atoms with Gasteiger partial charge in [0.2, 0.25) is 0 Å². The highest BCUT2D eigenvalue weighted by molar-refractivity contribution is 6.18. The van der Waals surface area contributed by atoms with Crippen LogP contribution < -0.4 is 14.5 Å². The Balaban J connectivity index is 1.96. The first-order valence-electron chi connectivity index (χ1n) is 7.31. The lowest BCUT2D eigenvalue weighted by atomic mass is 9.94. The van der Waals surface area contributed by atoms with Crippen molar-refractivity contribution in [2.75, 3.05) is 19.2 Å². The van der Waals surface area contributed by atoms with E-state index in [9.17, 15) is 4.79 Å². The molecule has 1 aliphatic heterocycles. The van der Waals surface area contributed by atoms with Gasteiger partial charge in [0.15, 0.2) is 11.5 Å². The number of amides is 1. The number of carbonyl (C=O) groups excluding carboxylic acids is 1. The van der Waals surface area contributed by atoms with Gasteiger partial charge in [0.05, 0.1) is 25.6 Å². The second-order valence-electron chi connectivity index (χ2n) is 5.27. The number of hydrogen-bond acceptors (Lipinski definition) is 4. The number of hydrazone groups is 1. The monoisotopic (exact) mass is 310 g/mol. The first-order valence-corrected chi connectivity index (χ1v) is 7.31. The molecule has 3 rings (SSSR count). The number of methoxy groups -OCH3 is 2. The zero-order valence-corrected chi connectivity index (χ0v) is 13.3. The Morgan fingerprint density at radius 1 is 1.00 bits per heavy atom. The molecule has 2 aromatic carbocycles. The summed E-state index contributed by atoms with van der Waals surface area (Å²) in [4.78, 5) is 12.8. The molecule has 2 aromatic rings. The fourth-order valence-electron chi connectivity index (χ4n) is 2.74. The quantitative estimate of drug-likeness (QED) is 0.871. The van der Waals surface area contributed by atoms with Gasteiger partial charge in [0.1, 0.15) is 5.92 Å². The van der Waals surface area contributed by atoms with E-state index in [-0.39, 0.29) is 5.91 Å². The predicted octanol–water partition coefficient (Wildman–Crippen LogP) is 3.21. The van der Waals surface area contributed by atoms with E-state index in [4.69, 9.17) is 9.47 Å². The topological polar surface area (TPSA) is 51.1 Å². The van der Waals surface area contributed by atoms with Gasteiger partial charge in [-0.2, -0.15) is 10.1 Å². The summed E-state index contributed by atoms with van der Waals surface area (Å²) in [5.41, 5.74) is 2.36. The average molecular weight is 310 g/mol. The predicted molar refractivity (Wildman–Crippen MR) is 89.3 cm³/mol. The van der Waals surface area contributed by atoms with E-state index in [1.807, 2.05) is 49.4 Å². The maximum absolute atomic E-state index is 12.8. The first kappa shape index (κ1) is 15.1. The molecule has 0 spiro atoms. The molecule has 0 bridgehead atoms. The number of benzene rings is 2. The van der Waals surface area contributed by atoms with Crippen LogP contribution in [-0.2, 0) is 4.79 Å². The second kappa shape index (κ2) is 6.12. The standard InChI is InChI=1S/C18H18N2O3/c1-12-17(13-9-10-15(22-2)16(11-13)23-3)18(21)20(19-12)14-7-5-4-6-8-14/h4-11,17H,1-3H3. The number of anilines is 1. The Kier molecular flexibility index (Phi) is 4.02. The van der Waals surface area contributed by atoms with Crippen LogP contribution in [0.2, 0.25) is 0 Å². The third kappa shape index (κ3) is 2.65. The van der Waals surface area contributed by atoms with Gasteiger partial charge < -0.3 is 9.47 Å². The molecule has 0 radical (unpaired) electrons. The molecule has 0 fully saturated rings. The fourth-order valence-corrected chi connectivity index (χ4v) is 2.74. The van der Waals surface area contributed by atoms with E-state index >= 15 is 0 Å². The van der Waals surface area contributed by atoms with Crippen LogP contribution in [0.15, 0.2) is 53.6 Å². The molecule has 0 aromatic heterocycles. The molecule has 5 heteroatoms. The van der Waals surface area contributed by atoms with Crippen LogP contribution in [0.3, 0.4) is 0 Å². The van der Waals surface area contributed by atoms with E-state index < -0.39 is 5.92 Å². The molecule has 0 saturated heterocycles. The molecule has 1 amide bonds. The van der Waals surface area contributed by atoms with Gasteiger partial charge in [0.25, 0.3) is 5.91 Å². The van der Waals surface area contributed by atoms with Crippen molar-refractivity contribution in [3.05, 3.63) is 54.1 Å². The van der Waals surface area contributed by atoms with Gasteiger partial charge in [-0.15, -0.1) is 0 Å². The highest BCUT2D eigenvalue weighted by atomic mass is 16.5. The lowest BCUT2D eigenvalue weighted by Crippen LogP contribution is -2.25. The first-order chi connectivity index (χ1) is 11.2. The van der Waals surface area contributed by atoms with E-state index in [2.05, 4.69) is 5.10 Å². The lowest BCUT2D eigenvalue weighted by molar-refractivity contribution is -0.118. The average Bonchev–Trinajstić information content (AvgIpc) is 2.89. The number of carbonyl (C=O) groups is 1. The van der Waals surface area contributed by atoms with Crippen LogP contribution in [-0.4, -0.2) is 25.8 Å². The van der Waals surface area contributed by atoms with Crippen molar-refractivity contribution in [1.29, 1.82) is 0 Å². The summed E-state index contributed by atoms with van der Waals surface area (Å²) in [5, 5.41) is 5.88. The van der Waals surface area contributed by atoms with Crippen molar-refractivity contribution in [2.45, 2.75) is 12.8 Å². The molecule has 118 valence electrons. The Bertz CT molecular complexity index is 756. The molecular weight excluding hydrogens is 292 g/mol. The summed E-state index contributed by atoms with van der Waals surface area (Å²) in [5.74, 6) is 0.760. The third-order valence-corrected chi connectivity index (χ3v) is 3.87. The SMILES string of the molecule is COc1ccc(C2C(=O)N(c3ccccc3)N=C2C)cc1OC. The molecule has 0 saturated carbocycles. The maximum Gasteiger partial charge on any atom is 0.260 e. The molecule has 1 aliphatic rings. The molecule has 5 nitrogen and oxygen atoms in total. The van der Waals surface area contributed by atoms with Gasteiger partial charge in [-0.05, 0) is 36.8 Å². The van der Waals surface area contributed by atoms with E-state index in [1.165, 1.54) is 5.01 Å². The van der Waals surface area contributed by atoms with E-state index in [0.29, 0.717) is 11.5 Å². The Morgan fingerprint density at radius 2 is 1.70 bits per heavy atom. The summed E-state index contributed by atoms with van der Waals surface area (Å²) in [7, 11) is 3.16. The zero-order valence-electron chi connectivity index (χ0n) is 13.3. The van der Waals surface area contributed by atoms with E-state index in [1.54, 1.807) is 20.3 Å². The molecule has 1 heterocycles. The van der Waals surface area contributed by atoms with Crippen molar-refractivity contribution in [3.8, 4) is 11.5 Å². The van der Waals surface area contributed by atoms with Gasteiger partial charge in [-0.1, -0.05) is 24.3 Å². The number of para-hydroxylation sites is 1. The molecule has 1 unspecified atom stereocenters. The largest absolute Gasteiger partial charge is 0.493 e. The second-order valence-corrected chi connectivity index (χ2v) is 5.27. The van der Waals surface area contributed by atoms with Gasteiger partial charge in [0, 0.05) is 0 Å². The Morgan fingerprint density at radius 3 is 2.35 bits per heavy atom. The highest BCUT2D eigenvalue weighted by Crippen LogP contribution is 2.35. The number of hydrogen-bond donors (Lipinski definition) is 0. The Hall–Kier alpha value is -2.82. The van der Waals surface area contributed by atoms with Crippen LogP contribution >= 0.6 is 0 Å². The minimum Gasteiger partial charge on any atom is -0.493 e. The molecule has 0 N–H and O–H groups in total. The lowest BCUT2D eigenvalue weighted by Gasteiger charge is -2.16. The van der Waals surface area contributed by atoms with Gasteiger partial charge >= 0.3 is 0 Å². The summed E-state index contributed by atoms with van der Waals surface area (Å²) in [6.45, 7) is 1.86. The molecule has 0 aliphatic carbocycles. The summed E-state index contributed by atoms with van der Waals surface area (Å²) in [6, 6.07) is 14.9. The van der Waals surface area contributed by atoms with Gasteiger partial charge in [-0.25, -0.2) is 0 Å². The van der Waals surface area contributed by atoms with Crippen molar-refractivity contribution in [3.63, 3.8) is 0 Å². The normalized spacial score (nSPS) is 17.2. The number of rotatable bonds is 4.